The number of nitrogens with one attached hydrogen (secondary N) is 1. The van der Waals surface area contributed by atoms with Crippen LogP contribution in [0, 0.1) is 11.6 Å². The van der Waals surface area contributed by atoms with Crippen molar-refractivity contribution in [2.24, 2.45) is 7.05 Å². The topological polar surface area (TPSA) is 88.4 Å². The predicted molar refractivity (Wildman–Crippen MR) is 88.7 cm³/mol. The SMILES string of the molecule is Cn1c(C(=O)Nc2ccc(F)c(Cl)c2)c(F)c(C(=O)C(=O)O)c1C1CC1. The quantitative estimate of drug-likeness (QED) is 0.613. The number of hydrogen-bond acceptors (Lipinski definition) is 3. The maximum absolute atomic E-state index is 14.8. The molecule has 1 aliphatic carbocycles. The van der Waals surface area contributed by atoms with E-state index in [2.05, 4.69) is 5.32 Å². The Morgan fingerprint density at radius 1 is 1.27 bits per heavy atom. The number of ketones is 1. The Hall–Kier alpha value is -2.74. The molecular formula is C17H13ClF2N2O4. The van der Waals surface area contributed by atoms with Crippen LogP contribution in [0.15, 0.2) is 18.2 Å². The molecule has 0 spiro atoms. The standard InChI is InChI=1S/C17H13ClF2N2O4/c1-22-13(7-2-3-7)11(15(23)17(25)26)12(20)14(22)16(24)21-8-4-5-10(19)9(18)6-8/h4-7H,2-3H2,1H3,(H,21,24)(H,25,26). The number of carboxylic acid groups (broad SMARTS) is 1. The molecule has 136 valence electrons. The highest BCUT2D eigenvalue weighted by Gasteiger charge is 2.39. The molecule has 2 N–H and O–H groups in total. The average molecular weight is 383 g/mol. The van der Waals surface area contributed by atoms with Gasteiger partial charge in [-0.05, 0) is 31.0 Å². The van der Waals surface area contributed by atoms with Gasteiger partial charge in [-0.1, -0.05) is 11.6 Å². The smallest absolute Gasteiger partial charge is 0.377 e. The van der Waals surface area contributed by atoms with Crippen molar-refractivity contribution in [3.63, 3.8) is 0 Å². The molecule has 0 aliphatic heterocycles. The van der Waals surface area contributed by atoms with Crippen LogP contribution in [-0.2, 0) is 11.8 Å². The van der Waals surface area contributed by atoms with Crippen LogP contribution in [0.1, 0.15) is 45.3 Å². The Morgan fingerprint density at radius 2 is 1.92 bits per heavy atom. The molecule has 0 saturated heterocycles. The van der Waals surface area contributed by atoms with Gasteiger partial charge in [0, 0.05) is 24.3 Å². The molecule has 1 aromatic carbocycles. The van der Waals surface area contributed by atoms with E-state index in [1.807, 2.05) is 0 Å². The highest BCUT2D eigenvalue weighted by molar-refractivity contribution is 6.40. The van der Waals surface area contributed by atoms with E-state index < -0.39 is 40.6 Å². The number of Topliss-reactive ketones (excluding diaryl/α,β-unsaturated/α-hetero) is 1. The van der Waals surface area contributed by atoms with Crippen LogP contribution < -0.4 is 5.32 Å². The van der Waals surface area contributed by atoms with Gasteiger partial charge in [0.2, 0.25) is 0 Å². The summed E-state index contributed by atoms with van der Waals surface area (Å²) in [7, 11) is 1.39. The number of carbonyl (C=O) groups excluding carboxylic acids is 2. The van der Waals surface area contributed by atoms with Crippen LogP contribution in [0.25, 0.3) is 0 Å². The number of carboxylic acids is 1. The van der Waals surface area contributed by atoms with Gasteiger partial charge in [0.1, 0.15) is 11.5 Å². The first-order valence-electron chi connectivity index (χ1n) is 7.64. The van der Waals surface area contributed by atoms with Gasteiger partial charge in [-0.3, -0.25) is 9.59 Å². The van der Waals surface area contributed by atoms with Crippen molar-refractivity contribution in [1.82, 2.24) is 4.57 Å². The van der Waals surface area contributed by atoms with Crippen molar-refractivity contribution in [2.45, 2.75) is 18.8 Å². The summed E-state index contributed by atoms with van der Waals surface area (Å²) in [5, 5.41) is 11.1. The molecule has 1 aromatic heterocycles. The Morgan fingerprint density at radius 3 is 2.46 bits per heavy atom. The van der Waals surface area contributed by atoms with Crippen molar-refractivity contribution in [3.05, 3.63) is 51.8 Å². The third kappa shape index (κ3) is 3.08. The number of halogens is 3. The molecule has 9 heteroatoms. The van der Waals surface area contributed by atoms with Crippen LogP contribution in [0.2, 0.25) is 5.02 Å². The maximum Gasteiger partial charge on any atom is 0.377 e. The number of carbonyl (C=O) groups is 3. The minimum Gasteiger partial charge on any atom is -0.475 e. The van der Waals surface area contributed by atoms with E-state index in [0.717, 1.165) is 12.1 Å². The Balaban J connectivity index is 2.03. The van der Waals surface area contributed by atoms with Crippen LogP contribution in [-0.4, -0.2) is 27.3 Å². The van der Waals surface area contributed by atoms with Crippen molar-refractivity contribution < 1.29 is 28.3 Å². The van der Waals surface area contributed by atoms with E-state index in [1.165, 1.54) is 17.7 Å². The first-order valence-corrected chi connectivity index (χ1v) is 8.02. The summed E-state index contributed by atoms with van der Waals surface area (Å²) in [6.45, 7) is 0. The molecule has 0 atom stereocenters. The van der Waals surface area contributed by atoms with Crippen LogP contribution in [0.5, 0.6) is 0 Å². The van der Waals surface area contributed by atoms with Gasteiger partial charge in [0.15, 0.2) is 5.82 Å². The fraction of sp³-hybridized carbons (Fsp3) is 0.235. The molecule has 2 aromatic rings. The number of anilines is 1. The van der Waals surface area contributed by atoms with Gasteiger partial charge in [-0.15, -0.1) is 0 Å². The fourth-order valence-corrected chi connectivity index (χ4v) is 3.02. The number of hydrogen-bond donors (Lipinski definition) is 2. The molecule has 0 bridgehead atoms. The third-order valence-corrected chi connectivity index (χ3v) is 4.45. The summed E-state index contributed by atoms with van der Waals surface area (Å²) >= 11 is 5.65. The van der Waals surface area contributed by atoms with Gasteiger partial charge >= 0.3 is 5.97 Å². The van der Waals surface area contributed by atoms with Crippen LogP contribution >= 0.6 is 11.6 Å². The van der Waals surface area contributed by atoms with Crippen molar-refractivity contribution in [1.29, 1.82) is 0 Å². The van der Waals surface area contributed by atoms with Gasteiger partial charge in [0.25, 0.3) is 11.7 Å². The summed E-state index contributed by atoms with van der Waals surface area (Å²) in [4.78, 5) is 35.4. The molecule has 1 saturated carbocycles. The van der Waals surface area contributed by atoms with Crippen LogP contribution in [0.4, 0.5) is 14.5 Å². The lowest BCUT2D eigenvalue weighted by Gasteiger charge is -2.09. The Kier molecular flexibility index (Phi) is 4.53. The number of nitrogens with zero attached hydrogens (tertiary/aromatic N) is 1. The lowest BCUT2D eigenvalue weighted by Crippen LogP contribution is -2.18. The second-order valence-corrected chi connectivity index (χ2v) is 6.38. The summed E-state index contributed by atoms with van der Waals surface area (Å²) in [6, 6.07) is 3.43. The predicted octanol–water partition coefficient (Wildman–Crippen LogP) is 3.35. The second-order valence-electron chi connectivity index (χ2n) is 5.97. The van der Waals surface area contributed by atoms with E-state index in [0.29, 0.717) is 12.8 Å². The van der Waals surface area contributed by atoms with Gasteiger partial charge in [-0.2, -0.15) is 0 Å². The Labute approximate surface area is 151 Å². The minimum atomic E-state index is -1.80. The molecule has 0 radical (unpaired) electrons. The van der Waals surface area contributed by atoms with E-state index in [1.54, 1.807) is 0 Å². The van der Waals surface area contributed by atoms with E-state index in [-0.39, 0.29) is 22.3 Å². The monoisotopic (exact) mass is 382 g/mol. The number of amides is 1. The second kappa shape index (κ2) is 6.53. The molecule has 1 amide bonds. The highest BCUT2D eigenvalue weighted by Crippen LogP contribution is 2.43. The third-order valence-electron chi connectivity index (χ3n) is 4.16. The largest absolute Gasteiger partial charge is 0.475 e. The first kappa shape index (κ1) is 18.1. The number of benzene rings is 1. The zero-order chi connectivity index (χ0) is 19.2. The van der Waals surface area contributed by atoms with Crippen molar-refractivity contribution in [3.8, 4) is 0 Å². The molecule has 1 aliphatic rings. The molecular weight excluding hydrogens is 370 g/mol. The number of aromatic nitrogens is 1. The summed E-state index contributed by atoms with van der Waals surface area (Å²) in [5.41, 5.74) is -0.750. The minimum absolute atomic E-state index is 0.126. The van der Waals surface area contributed by atoms with Crippen LogP contribution in [0.3, 0.4) is 0 Å². The lowest BCUT2D eigenvalue weighted by molar-refractivity contribution is -0.131. The average Bonchev–Trinajstić information content (AvgIpc) is 3.36. The lowest BCUT2D eigenvalue weighted by atomic mass is 10.1. The molecule has 1 fully saturated rings. The summed E-state index contributed by atoms with van der Waals surface area (Å²) < 4.78 is 29.2. The molecule has 6 nitrogen and oxygen atoms in total. The van der Waals surface area contributed by atoms with Crippen molar-refractivity contribution in [2.75, 3.05) is 5.32 Å². The van der Waals surface area contributed by atoms with Crippen molar-refractivity contribution >= 4 is 34.9 Å². The fourth-order valence-electron chi connectivity index (χ4n) is 2.84. The summed E-state index contributed by atoms with van der Waals surface area (Å²) in [6.07, 6.45) is 1.34. The van der Waals surface area contributed by atoms with E-state index in [4.69, 9.17) is 16.7 Å². The number of rotatable bonds is 5. The molecule has 0 unspecified atom stereocenters. The van der Waals surface area contributed by atoms with E-state index >= 15 is 0 Å². The molecule has 1 heterocycles. The van der Waals surface area contributed by atoms with Gasteiger partial charge in [0.05, 0.1) is 10.6 Å². The molecule has 26 heavy (non-hydrogen) atoms. The van der Waals surface area contributed by atoms with E-state index in [9.17, 15) is 23.2 Å². The van der Waals surface area contributed by atoms with Gasteiger partial charge < -0.3 is 15.0 Å². The zero-order valence-electron chi connectivity index (χ0n) is 13.5. The first-order chi connectivity index (χ1) is 12.2. The normalized spacial score (nSPS) is 13.5. The maximum atomic E-state index is 14.8. The number of aliphatic carboxylic acids is 1. The molecule has 3 rings (SSSR count). The zero-order valence-corrected chi connectivity index (χ0v) is 14.2. The van der Waals surface area contributed by atoms with Gasteiger partial charge in [-0.25, -0.2) is 13.6 Å². The highest BCUT2D eigenvalue weighted by atomic mass is 35.5. The summed E-state index contributed by atoms with van der Waals surface area (Å²) in [5.74, 6) is -6.14. The Bertz CT molecular complexity index is 951.